The normalized spacial score (nSPS) is 14.5. The van der Waals surface area contributed by atoms with Gasteiger partial charge in [-0.1, -0.05) is 6.07 Å². The molecule has 4 N–H and O–H groups in total. The molecular formula is C27H30N4O10. The average molecular weight is 571 g/mol. The number of esters is 1. The number of rotatable bonds is 13. The lowest BCUT2D eigenvalue weighted by molar-refractivity contribution is -0.140. The lowest BCUT2D eigenvalue weighted by atomic mass is 9.95. The Morgan fingerprint density at radius 2 is 1.66 bits per heavy atom. The first-order valence-corrected chi connectivity index (χ1v) is 12.3. The van der Waals surface area contributed by atoms with Gasteiger partial charge in [0.1, 0.15) is 0 Å². The van der Waals surface area contributed by atoms with E-state index >= 15 is 0 Å². The van der Waals surface area contributed by atoms with Crippen molar-refractivity contribution >= 4 is 30.1 Å². The van der Waals surface area contributed by atoms with Crippen molar-refractivity contribution in [3.63, 3.8) is 0 Å². The van der Waals surface area contributed by atoms with Crippen molar-refractivity contribution in [2.24, 2.45) is 5.10 Å². The van der Waals surface area contributed by atoms with Gasteiger partial charge in [-0.2, -0.15) is 5.10 Å². The van der Waals surface area contributed by atoms with Crippen LogP contribution >= 0.6 is 0 Å². The zero-order chi connectivity index (χ0) is 29.9. The molecule has 0 aromatic heterocycles. The molecule has 2 aromatic carbocycles. The van der Waals surface area contributed by atoms with E-state index in [1.807, 2.05) is 0 Å². The van der Waals surface area contributed by atoms with Gasteiger partial charge in [0.2, 0.25) is 0 Å². The van der Waals surface area contributed by atoms with Crippen LogP contribution in [0.15, 0.2) is 52.8 Å². The predicted molar refractivity (Wildman–Crippen MR) is 144 cm³/mol. The summed E-state index contributed by atoms with van der Waals surface area (Å²) in [5.74, 6) is -1.20. The predicted octanol–water partition coefficient (Wildman–Crippen LogP) is 1.89. The summed E-state index contributed by atoms with van der Waals surface area (Å²) in [6.07, 6.45) is 1.36. The number of hydrazone groups is 1. The molecule has 218 valence electrons. The van der Waals surface area contributed by atoms with Crippen LogP contribution in [0.3, 0.4) is 0 Å². The molecule has 0 fully saturated rings. The molecule has 0 saturated heterocycles. The van der Waals surface area contributed by atoms with Crippen molar-refractivity contribution < 1.29 is 48.0 Å². The fourth-order valence-electron chi connectivity index (χ4n) is 3.78. The number of carbonyl (C=O) groups excluding carboxylic acids is 3. The number of aliphatic carboxylic acids is 1. The molecule has 1 atom stereocenters. The third kappa shape index (κ3) is 8.11. The first-order chi connectivity index (χ1) is 19.7. The highest BCUT2D eigenvalue weighted by Crippen LogP contribution is 2.34. The summed E-state index contributed by atoms with van der Waals surface area (Å²) >= 11 is 0. The Balaban J connectivity index is 1.64. The first kappa shape index (κ1) is 30.3. The Morgan fingerprint density at radius 1 is 1.00 bits per heavy atom. The summed E-state index contributed by atoms with van der Waals surface area (Å²) < 4.78 is 26.5. The van der Waals surface area contributed by atoms with Gasteiger partial charge in [0.15, 0.2) is 36.2 Å². The zero-order valence-electron chi connectivity index (χ0n) is 22.8. The molecule has 0 aliphatic carbocycles. The molecule has 0 bridgehead atoms. The molecule has 0 unspecified atom stereocenters. The topological polar surface area (TPSA) is 183 Å². The van der Waals surface area contributed by atoms with Crippen molar-refractivity contribution in [3.8, 4) is 23.0 Å². The number of hydrogen-bond donors (Lipinski definition) is 4. The van der Waals surface area contributed by atoms with Crippen molar-refractivity contribution in [1.82, 2.24) is 16.1 Å². The number of nitrogens with one attached hydrogen (secondary N) is 3. The standard InChI is InChI=1S/C27H30N4O10/c1-5-39-26(35)24-15(2)29-27(36)30-25(24)17-7-9-19(21(11-17)38-4)40-13-22(32)31-28-12-16-6-8-18(20(10-16)37-3)41-14-23(33)34/h6-12,25H,5,13-14H2,1-4H3,(H,31,32)(H,33,34)(H2,29,30,36)/b28-12-/t25-/m0/s1. The molecule has 14 nitrogen and oxygen atoms in total. The van der Waals surface area contributed by atoms with Crippen molar-refractivity contribution in [2.75, 3.05) is 34.0 Å². The van der Waals surface area contributed by atoms with Crippen LogP contribution in [0.2, 0.25) is 0 Å². The summed E-state index contributed by atoms with van der Waals surface area (Å²) in [6.45, 7) is 2.55. The fourth-order valence-corrected chi connectivity index (χ4v) is 3.78. The van der Waals surface area contributed by atoms with E-state index in [0.717, 1.165) is 0 Å². The van der Waals surface area contributed by atoms with Gasteiger partial charge in [-0.3, -0.25) is 4.79 Å². The second-order valence-electron chi connectivity index (χ2n) is 8.38. The third-order valence-corrected chi connectivity index (χ3v) is 5.59. The van der Waals surface area contributed by atoms with Crippen LogP contribution in [0.1, 0.15) is 31.0 Å². The second kappa shape index (κ2) is 14.2. The second-order valence-corrected chi connectivity index (χ2v) is 8.38. The number of carboxylic acids is 1. The Morgan fingerprint density at radius 3 is 2.32 bits per heavy atom. The number of amides is 3. The van der Waals surface area contributed by atoms with Crippen LogP contribution < -0.4 is 35.0 Å². The van der Waals surface area contributed by atoms with Crippen molar-refractivity contribution in [2.45, 2.75) is 19.9 Å². The minimum atomic E-state index is -1.12. The van der Waals surface area contributed by atoms with E-state index < -0.39 is 43.1 Å². The van der Waals surface area contributed by atoms with Crippen LogP contribution in [-0.2, 0) is 19.1 Å². The third-order valence-electron chi connectivity index (χ3n) is 5.59. The summed E-state index contributed by atoms with van der Waals surface area (Å²) in [5.41, 5.74) is 4.05. The summed E-state index contributed by atoms with van der Waals surface area (Å²) in [7, 11) is 2.82. The van der Waals surface area contributed by atoms with E-state index in [1.165, 1.54) is 26.5 Å². The maximum atomic E-state index is 12.6. The van der Waals surface area contributed by atoms with E-state index in [9.17, 15) is 19.2 Å². The number of ether oxygens (including phenoxy) is 5. The number of carbonyl (C=O) groups is 4. The van der Waals surface area contributed by atoms with Crippen molar-refractivity contribution in [3.05, 3.63) is 58.8 Å². The Labute approximate surface area is 235 Å². The molecule has 0 spiro atoms. The summed E-state index contributed by atoms with van der Waals surface area (Å²) in [5, 5.41) is 17.9. The largest absolute Gasteiger partial charge is 0.493 e. The Kier molecular flexibility index (Phi) is 10.5. The molecular weight excluding hydrogens is 540 g/mol. The van der Waals surface area contributed by atoms with Crippen LogP contribution in [0.4, 0.5) is 4.79 Å². The van der Waals surface area contributed by atoms with Crippen molar-refractivity contribution in [1.29, 1.82) is 0 Å². The average Bonchev–Trinajstić information content (AvgIpc) is 2.94. The quantitative estimate of drug-likeness (QED) is 0.158. The Bertz CT molecular complexity index is 1370. The smallest absolute Gasteiger partial charge is 0.341 e. The number of methoxy groups -OCH3 is 2. The number of benzene rings is 2. The molecule has 41 heavy (non-hydrogen) atoms. The molecule has 2 aromatic rings. The molecule has 3 amide bonds. The molecule has 0 radical (unpaired) electrons. The Hall–Kier alpha value is -5.27. The van der Waals surface area contributed by atoms with Gasteiger partial charge in [-0.15, -0.1) is 0 Å². The maximum Gasteiger partial charge on any atom is 0.341 e. The van der Waals surface area contributed by atoms with Crippen LogP contribution in [0, 0.1) is 0 Å². The highest BCUT2D eigenvalue weighted by molar-refractivity contribution is 5.95. The van der Waals surface area contributed by atoms with E-state index in [2.05, 4.69) is 21.2 Å². The minimum Gasteiger partial charge on any atom is -0.493 e. The fraction of sp³-hybridized carbons (Fsp3) is 0.296. The molecule has 1 aliphatic heterocycles. The molecule has 14 heteroatoms. The van der Waals surface area contributed by atoms with Crippen LogP contribution in [0.25, 0.3) is 0 Å². The number of carboxylic acid groups (broad SMARTS) is 1. The monoisotopic (exact) mass is 570 g/mol. The van der Waals surface area contributed by atoms with E-state index in [1.54, 1.807) is 44.2 Å². The maximum absolute atomic E-state index is 12.6. The van der Waals surface area contributed by atoms with E-state index in [4.69, 9.17) is 28.8 Å². The number of allylic oxidation sites excluding steroid dienone is 1. The minimum absolute atomic E-state index is 0.169. The number of nitrogens with zero attached hydrogens (tertiary/aromatic N) is 1. The molecule has 1 heterocycles. The highest BCUT2D eigenvalue weighted by atomic mass is 16.5. The van der Waals surface area contributed by atoms with Gasteiger partial charge in [0, 0.05) is 5.70 Å². The number of urea groups is 1. The highest BCUT2D eigenvalue weighted by Gasteiger charge is 2.32. The van der Waals surface area contributed by atoms with E-state index in [-0.39, 0.29) is 29.4 Å². The van der Waals surface area contributed by atoms with E-state index in [0.29, 0.717) is 22.6 Å². The lowest BCUT2D eigenvalue weighted by Crippen LogP contribution is -2.45. The van der Waals surface area contributed by atoms with Gasteiger partial charge in [-0.05, 0) is 55.3 Å². The van der Waals surface area contributed by atoms with Gasteiger partial charge >= 0.3 is 18.0 Å². The zero-order valence-corrected chi connectivity index (χ0v) is 22.8. The molecule has 1 aliphatic rings. The number of hydrogen-bond acceptors (Lipinski definition) is 10. The summed E-state index contributed by atoms with van der Waals surface area (Å²) in [6, 6.07) is 8.19. The van der Waals surface area contributed by atoms with Gasteiger partial charge in [-0.25, -0.2) is 19.8 Å². The van der Waals surface area contributed by atoms with Gasteiger partial charge < -0.3 is 39.4 Å². The summed E-state index contributed by atoms with van der Waals surface area (Å²) in [4.78, 5) is 47.7. The van der Waals surface area contributed by atoms with Gasteiger partial charge in [0.25, 0.3) is 5.91 Å². The molecule has 0 saturated carbocycles. The lowest BCUT2D eigenvalue weighted by Gasteiger charge is -2.28. The first-order valence-electron chi connectivity index (χ1n) is 12.3. The SMILES string of the molecule is CCOC(=O)C1=C(C)NC(=O)N[C@H]1c1ccc(OCC(=O)N/N=C\c2ccc(OCC(=O)O)c(OC)c2)c(OC)c1. The van der Waals surface area contributed by atoms with Gasteiger partial charge in [0.05, 0.1) is 38.7 Å². The van der Waals surface area contributed by atoms with Crippen LogP contribution in [0.5, 0.6) is 23.0 Å². The molecule has 3 rings (SSSR count). The van der Waals surface area contributed by atoms with Crippen LogP contribution in [-0.4, -0.2) is 69.2 Å².